The molecule has 0 saturated carbocycles. The van der Waals surface area contributed by atoms with Crippen LogP contribution in [0.4, 0.5) is 4.39 Å². The Morgan fingerprint density at radius 1 is 1.38 bits per heavy atom. The van der Waals surface area contributed by atoms with Gasteiger partial charge in [-0.2, -0.15) is 0 Å². The molecule has 1 aromatic rings. The molecule has 134 valence electrons. The van der Waals surface area contributed by atoms with E-state index in [4.69, 9.17) is 0 Å². The Hall–Kier alpha value is -1.47. The van der Waals surface area contributed by atoms with E-state index in [0.717, 1.165) is 31.1 Å². The van der Waals surface area contributed by atoms with Crippen molar-refractivity contribution < 1.29 is 17.6 Å². The minimum Gasteiger partial charge on any atom is -0.342 e. The summed E-state index contributed by atoms with van der Waals surface area (Å²) in [5.41, 5.74) is 0.721. The lowest BCUT2D eigenvalue weighted by Crippen LogP contribution is -2.41. The first kappa shape index (κ1) is 18.9. The third kappa shape index (κ3) is 6.20. The van der Waals surface area contributed by atoms with E-state index in [0.29, 0.717) is 25.4 Å². The van der Waals surface area contributed by atoms with Gasteiger partial charge in [0.2, 0.25) is 15.9 Å². The van der Waals surface area contributed by atoms with Crippen LogP contribution in [0.2, 0.25) is 0 Å². The van der Waals surface area contributed by atoms with E-state index in [1.54, 1.807) is 17.0 Å². The van der Waals surface area contributed by atoms with Crippen molar-refractivity contribution in [2.24, 2.45) is 5.92 Å². The van der Waals surface area contributed by atoms with Crippen LogP contribution in [0.1, 0.15) is 31.2 Å². The number of amides is 1. The monoisotopic (exact) mass is 356 g/mol. The smallest absolute Gasteiger partial charge is 0.223 e. The Balaban J connectivity index is 1.78. The van der Waals surface area contributed by atoms with Crippen molar-refractivity contribution >= 4 is 15.9 Å². The minimum absolute atomic E-state index is 0.0262. The van der Waals surface area contributed by atoms with Crippen molar-refractivity contribution in [2.45, 2.75) is 32.1 Å². The fourth-order valence-electron chi connectivity index (χ4n) is 3.09. The number of piperidine rings is 1. The number of hydrogen-bond donors (Lipinski definition) is 1. The van der Waals surface area contributed by atoms with Crippen LogP contribution >= 0.6 is 0 Å². The van der Waals surface area contributed by atoms with Gasteiger partial charge in [0.25, 0.3) is 0 Å². The third-order valence-corrected chi connectivity index (χ3v) is 5.08. The highest BCUT2D eigenvalue weighted by Crippen LogP contribution is 2.22. The lowest BCUT2D eigenvalue weighted by Gasteiger charge is -2.33. The van der Waals surface area contributed by atoms with Crippen LogP contribution in [0, 0.1) is 11.7 Å². The van der Waals surface area contributed by atoms with Crippen LogP contribution in [0.15, 0.2) is 24.3 Å². The number of nitrogens with one attached hydrogen (secondary N) is 1. The van der Waals surface area contributed by atoms with Gasteiger partial charge in [-0.05, 0) is 43.2 Å². The first-order valence-corrected chi connectivity index (χ1v) is 10.2. The average molecular weight is 356 g/mol. The molecule has 1 aromatic carbocycles. The molecule has 1 aliphatic heterocycles. The zero-order valence-corrected chi connectivity index (χ0v) is 14.8. The van der Waals surface area contributed by atoms with Gasteiger partial charge in [-0.15, -0.1) is 0 Å². The number of aryl methyl sites for hydroxylation is 1. The van der Waals surface area contributed by atoms with Gasteiger partial charge in [-0.3, -0.25) is 4.79 Å². The molecule has 24 heavy (non-hydrogen) atoms. The molecule has 1 N–H and O–H groups in total. The molecule has 1 saturated heterocycles. The van der Waals surface area contributed by atoms with E-state index in [9.17, 15) is 17.6 Å². The topological polar surface area (TPSA) is 66.5 Å². The lowest BCUT2D eigenvalue weighted by molar-refractivity contribution is -0.132. The molecule has 1 amide bonds. The van der Waals surface area contributed by atoms with Crippen LogP contribution in [0.25, 0.3) is 0 Å². The zero-order chi connectivity index (χ0) is 17.6. The van der Waals surface area contributed by atoms with E-state index in [1.807, 2.05) is 6.07 Å². The Kier molecular flexibility index (Phi) is 6.74. The average Bonchev–Trinajstić information content (AvgIpc) is 2.53. The van der Waals surface area contributed by atoms with Crippen molar-refractivity contribution in [2.75, 3.05) is 25.9 Å². The van der Waals surface area contributed by atoms with Gasteiger partial charge in [0.05, 0.1) is 6.26 Å². The second kappa shape index (κ2) is 8.58. The van der Waals surface area contributed by atoms with Gasteiger partial charge in [0.15, 0.2) is 0 Å². The highest BCUT2D eigenvalue weighted by atomic mass is 32.2. The van der Waals surface area contributed by atoms with Gasteiger partial charge in [0.1, 0.15) is 5.82 Å². The summed E-state index contributed by atoms with van der Waals surface area (Å²) in [4.78, 5) is 14.0. The van der Waals surface area contributed by atoms with Crippen LogP contribution < -0.4 is 4.72 Å². The molecule has 0 unspecified atom stereocenters. The molecule has 0 spiro atoms. The van der Waals surface area contributed by atoms with E-state index in [1.165, 1.54) is 6.07 Å². The van der Waals surface area contributed by atoms with Crippen molar-refractivity contribution in [1.82, 2.24) is 9.62 Å². The summed E-state index contributed by atoms with van der Waals surface area (Å²) >= 11 is 0. The van der Waals surface area contributed by atoms with Crippen molar-refractivity contribution in [3.8, 4) is 0 Å². The maximum absolute atomic E-state index is 13.7. The molecule has 0 aliphatic carbocycles. The van der Waals surface area contributed by atoms with Crippen molar-refractivity contribution in [3.05, 3.63) is 35.6 Å². The SMILES string of the molecule is CS(=O)(=O)NCCC(=O)N1CCC[C@@H](CCc2ccccc2F)C1. The number of carbonyl (C=O) groups excluding carboxylic acids is 1. The molecule has 1 fully saturated rings. The molecule has 2 rings (SSSR count). The lowest BCUT2D eigenvalue weighted by atomic mass is 9.91. The molecule has 1 heterocycles. The normalized spacial score (nSPS) is 18.6. The Morgan fingerprint density at radius 2 is 2.12 bits per heavy atom. The van der Waals surface area contributed by atoms with Crippen LogP contribution in [-0.2, 0) is 21.2 Å². The van der Waals surface area contributed by atoms with Crippen molar-refractivity contribution in [3.63, 3.8) is 0 Å². The quantitative estimate of drug-likeness (QED) is 0.812. The Morgan fingerprint density at radius 3 is 2.83 bits per heavy atom. The summed E-state index contributed by atoms with van der Waals surface area (Å²) in [6.07, 6.45) is 4.76. The standard InChI is InChI=1S/C17H25FN2O3S/c1-24(22,23)19-11-10-17(21)20-12-4-5-14(13-20)8-9-15-6-2-3-7-16(15)18/h2-3,6-7,14,19H,4-5,8-13H2,1H3/t14-/m0/s1. The molecule has 1 aliphatic rings. The summed E-state index contributed by atoms with van der Waals surface area (Å²) in [6, 6.07) is 6.80. The number of likely N-dealkylation sites (tertiary alicyclic amines) is 1. The summed E-state index contributed by atoms with van der Waals surface area (Å²) < 4.78 is 38.0. The Bertz CT molecular complexity index is 664. The highest BCUT2D eigenvalue weighted by Gasteiger charge is 2.23. The van der Waals surface area contributed by atoms with Gasteiger partial charge in [0, 0.05) is 26.1 Å². The van der Waals surface area contributed by atoms with Crippen LogP contribution in [0.5, 0.6) is 0 Å². The first-order chi connectivity index (χ1) is 11.3. The number of benzene rings is 1. The van der Waals surface area contributed by atoms with Gasteiger partial charge < -0.3 is 4.90 Å². The second-order valence-electron chi connectivity index (χ2n) is 6.39. The van der Waals surface area contributed by atoms with E-state index >= 15 is 0 Å². The van der Waals surface area contributed by atoms with E-state index < -0.39 is 10.0 Å². The Labute approximate surface area is 143 Å². The number of carbonyl (C=O) groups is 1. The number of rotatable bonds is 7. The van der Waals surface area contributed by atoms with E-state index in [2.05, 4.69) is 4.72 Å². The molecular formula is C17H25FN2O3S. The highest BCUT2D eigenvalue weighted by molar-refractivity contribution is 7.88. The van der Waals surface area contributed by atoms with Crippen LogP contribution in [-0.4, -0.2) is 45.1 Å². The molecule has 7 heteroatoms. The number of halogens is 1. The second-order valence-corrected chi connectivity index (χ2v) is 8.23. The maximum Gasteiger partial charge on any atom is 0.223 e. The van der Waals surface area contributed by atoms with E-state index in [-0.39, 0.29) is 24.7 Å². The van der Waals surface area contributed by atoms with Gasteiger partial charge >= 0.3 is 0 Å². The predicted molar refractivity (Wildman–Crippen MR) is 91.5 cm³/mol. The number of hydrogen-bond acceptors (Lipinski definition) is 3. The number of sulfonamides is 1. The molecule has 0 aromatic heterocycles. The summed E-state index contributed by atoms with van der Waals surface area (Å²) in [7, 11) is -3.26. The van der Waals surface area contributed by atoms with Crippen molar-refractivity contribution in [1.29, 1.82) is 0 Å². The molecule has 0 radical (unpaired) electrons. The fourth-order valence-corrected chi connectivity index (χ4v) is 3.56. The fraction of sp³-hybridized carbons (Fsp3) is 0.588. The summed E-state index contributed by atoms with van der Waals surface area (Å²) in [6.45, 7) is 1.52. The van der Waals surface area contributed by atoms with Gasteiger partial charge in [-0.1, -0.05) is 18.2 Å². The third-order valence-electron chi connectivity index (χ3n) is 4.35. The van der Waals surface area contributed by atoms with Gasteiger partial charge in [-0.25, -0.2) is 17.5 Å². The molecular weight excluding hydrogens is 331 g/mol. The summed E-state index contributed by atoms with van der Waals surface area (Å²) in [5, 5.41) is 0. The van der Waals surface area contributed by atoms with Crippen LogP contribution in [0.3, 0.4) is 0 Å². The largest absolute Gasteiger partial charge is 0.342 e. The minimum atomic E-state index is -3.26. The summed E-state index contributed by atoms with van der Waals surface area (Å²) in [5.74, 6) is 0.167. The predicted octanol–water partition coefficient (Wildman–Crippen LogP) is 1.94. The molecule has 1 atom stereocenters. The first-order valence-electron chi connectivity index (χ1n) is 8.31. The maximum atomic E-state index is 13.7. The number of nitrogens with zero attached hydrogens (tertiary/aromatic N) is 1. The molecule has 5 nitrogen and oxygen atoms in total. The zero-order valence-electron chi connectivity index (χ0n) is 14.0. The molecule has 0 bridgehead atoms.